The Balaban J connectivity index is 0.000000647. The Morgan fingerprint density at radius 3 is 2.54 bits per heavy atom. The lowest BCUT2D eigenvalue weighted by Gasteiger charge is -2.22. The summed E-state index contributed by atoms with van der Waals surface area (Å²) < 4.78 is 16.3. The van der Waals surface area contributed by atoms with Crippen molar-refractivity contribution in [3.8, 4) is 0 Å². The van der Waals surface area contributed by atoms with E-state index in [-0.39, 0.29) is 6.47 Å². The highest BCUT2D eigenvalue weighted by Gasteiger charge is 2.27. The van der Waals surface area contributed by atoms with Gasteiger partial charge in [-0.2, -0.15) is 0 Å². The second-order valence-corrected chi connectivity index (χ2v) is 6.37. The van der Waals surface area contributed by atoms with E-state index in [4.69, 9.17) is 24.1 Å². The summed E-state index contributed by atoms with van der Waals surface area (Å²) in [4.78, 5) is 24.8. The first kappa shape index (κ1) is 18.2. The number of carbonyl (C=O) groups excluding carboxylic acids is 1. The number of aromatic nitrogens is 1. The number of carbonyl (C=O) groups is 2. The monoisotopic (exact) mass is 338 g/mol. The van der Waals surface area contributed by atoms with Crippen LogP contribution in [0, 0.1) is 0 Å². The Morgan fingerprint density at radius 1 is 1.21 bits per heavy atom. The van der Waals surface area contributed by atoms with Crippen LogP contribution < -0.4 is 5.32 Å². The predicted molar refractivity (Wildman–Crippen MR) is 84.6 cm³/mol. The quantitative estimate of drug-likeness (QED) is 0.756. The molecular formula is C16H22N2O6. The van der Waals surface area contributed by atoms with E-state index in [1.807, 2.05) is 20.8 Å². The molecule has 8 heteroatoms. The molecule has 1 amide bonds. The lowest BCUT2D eigenvalue weighted by Crippen LogP contribution is -2.28. The molecular weight excluding hydrogens is 316 g/mol. The van der Waals surface area contributed by atoms with Crippen LogP contribution in [-0.2, 0) is 45.2 Å². The lowest BCUT2D eigenvalue weighted by atomic mass is 9.99. The van der Waals surface area contributed by atoms with Crippen LogP contribution in [0.25, 0.3) is 0 Å². The fraction of sp³-hybridized carbons (Fsp3) is 0.562. The van der Waals surface area contributed by atoms with Crippen molar-refractivity contribution in [3.05, 3.63) is 22.4 Å². The van der Waals surface area contributed by atoms with Crippen LogP contribution in [-0.4, -0.2) is 34.9 Å². The maximum Gasteiger partial charge on any atom is 0.413 e. The number of ether oxygens (including phenoxy) is 3. The summed E-state index contributed by atoms with van der Waals surface area (Å²) in [5, 5.41) is 9.63. The minimum Gasteiger partial charge on any atom is -0.483 e. The summed E-state index contributed by atoms with van der Waals surface area (Å²) in [7, 11) is 0. The van der Waals surface area contributed by atoms with Gasteiger partial charge in [-0.25, -0.2) is 9.78 Å². The molecule has 1 aromatic heterocycles. The van der Waals surface area contributed by atoms with Gasteiger partial charge in [-0.15, -0.1) is 0 Å². The SMILES string of the molecule is CC(C)(C)OC(=O)Nc1nc2c(c3c1COC3)CCOC2.O=CO. The van der Waals surface area contributed by atoms with Crippen LogP contribution in [0.3, 0.4) is 0 Å². The predicted octanol–water partition coefficient (Wildman–Crippen LogP) is 2.23. The number of hydrogen-bond acceptors (Lipinski definition) is 6. The van der Waals surface area contributed by atoms with E-state index in [2.05, 4.69) is 10.3 Å². The van der Waals surface area contributed by atoms with Gasteiger partial charge >= 0.3 is 6.09 Å². The fourth-order valence-corrected chi connectivity index (χ4v) is 2.62. The van der Waals surface area contributed by atoms with Crippen molar-refractivity contribution >= 4 is 18.4 Å². The summed E-state index contributed by atoms with van der Waals surface area (Å²) in [5.74, 6) is 0.529. The summed E-state index contributed by atoms with van der Waals surface area (Å²) in [6.07, 6.45) is 0.349. The second kappa shape index (κ2) is 7.59. The molecule has 0 radical (unpaired) electrons. The lowest BCUT2D eigenvalue weighted by molar-refractivity contribution is -0.122. The van der Waals surface area contributed by atoms with Crippen molar-refractivity contribution in [1.82, 2.24) is 4.98 Å². The number of anilines is 1. The van der Waals surface area contributed by atoms with Crippen molar-refractivity contribution in [2.24, 2.45) is 0 Å². The molecule has 24 heavy (non-hydrogen) atoms. The molecule has 0 saturated heterocycles. The van der Waals surface area contributed by atoms with Gasteiger partial charge in [0.15, 0.2) is 0 Å². The van der Waals surface area contributed by atoms with Crippen LogP contribution in [0.5, 0.6) is 0 Å². The van der Waals surface area contributed by atoms with E-state index in [1.165, 1.54) is 5.56 Å². The van der Waals surface area contributed by atoms with Crippen LogP contribution in [0.1, 0.15) is 43.2 Å². The maximum absolute atomic E-state index is 12.0. The van der Waals surface area contributed by atoms with Crippen LogP contribution in [0.4, 0.5) is 10.6 Å². The van der Waals surface area contributed by atoms with Crippen molar-refractivity contribution in [2.45, 2.75) is 52.6 Å². The Kier molecular flexibility index (Phi) is 5.74. The van der Waals surface area contributed by atoms with Crippen molar-refractivity contribution in [1.29, 1.82) is 0 Å². The molecule has 0 aromatic carbocycles. The molecule has 2 aliphatic heterocycles. The maximum atomic E-state index is 12.0. The Labute approximate surface area is 140 Å². The van der Waals surface area contributed by atoms with Gasteiger partial charge in [0.1, 0.15) is 11.4 Å². The number of nitrogens with one attached hydrogen (secondary N) is 1. The first-order valence-electron chi connectivity index (χ1n) is 7.62. The number of hydrogen-bond donors (Lipinski definition) is 2. The third-order valence-electron chi connectivity index (χ3n) is 3.46. The molecule has 2 aliphatic rings. The Hall–Kier alpha value is -2.19. The number of nitrogens with zero attached hydrogens (tertiary/aromatic N) is 1. The zero-order chi connectivity index (χ0) is 17.7. The molecule has 0 saturated carbocycles. The van der Waals surface area contributed by atoms with Crippen molar-refractivity contribution in [2.75, 3.05) is 11.9 Å². The highest BCUT2D eigenvalue weighted by atomic mass is 16.6. The summed E-state index contributed by atoms with van der Waals surface area (Å²) >= 11 is 0. The normalized spacial score (nSPS) is 15.5. The summed E-state index contributed by atoms with van der Waals surface area (Å²) in [6, 6.07) is 0. The van der Waals surface area contributed by atoms with Gasteiger partial charge in [-0.1, -0.05) is 0 Å². The van der Waals surface area contributed by atoms with E-state index in [9.17, 15) is 4.79 Å². The first-order valence-corrected chi connectivity index (χ1v) is 7.62. The molecule has 0 atom stereocenters. The molecule has 1 aromatic rings. The van der Waals surface area contributed by atoms with Crippen LogP contribution in [0.15, 0.2) is 0 Å². The summed E-state index contributed by atoms with van der Waals surface area (Å²) in [6.45, 7) is 7.47. The fourth-order valence-electron chi connectivity index (χ4n) is 2.62. The van der Waals surface area contributed by atoms with E-state index in [1.54, 1.807) is 0 Å². The minimum atomic E-state index is -0.541. The first-order chi connectivity index (χ1) is 11.4. The second-order valence-electron chi connectivity index (χ2n) is 6.37. The molecule has 0 aliphatic carbocycles. The van der Waals surface area contributed by atoms with Gasteiger partial charge < -0.3 is 19.3 Å². The van der Waals surface area contributed by atoms with E-state index < -0.39 is 11.7 Å². The van der Waals surface area contributed by atoms with E-state index in [0.717, 1.165) is 23.2 Å². The third-order valence-corrected chi connectivity index (χ3v) is 3.46. The highest BCUT2D eigenvalue weighted by Crippen LogP contribution is 2.33. The Morgan fingerprint density at radius 2 is 1.88 bits per heavy atom. The summed E-state index contributed by atoms with van der Waals surface area (Å²) in [5.41, 5.74) is 3.66. The molecule has 3 rings (SSSR count). The zero-order valence-corrected chi connectivity index (χ0v) is 14.0. The molecule has 0 bridgehead atoms. The number of rotatable bonds is 1. The number of fused-ring (bicyclic) bond motifs is 3. The van der Waals surface area contributed by atoms with Gasteiger partial charge in [0, 0.05) is 5.56 Å². The van der Waals surface area contributed by atoms with Crippen molar-refractivity contribution < 1.29 is 28.9 Å². The molecule has 0 fully saturated rings. The largest absolute Gasteiger partial charge is 0.483 e. The number of pyridine rings is 1. The molecule has 8 nitrogen and oxygen atoms in total. The molecule has 132 valence electrons. The van der Waals surface area contributed by atoms with Crippen LogP contribution in [0.2, 0.25) is 0 Å². The Bertz CT molecular complexity index is 624. The average Bonchev–Trinajstić information content (AvgIpc) is 2.96. The zero-order valence-electron chi connectivity index (χ0n) is 14.0. The van der Waals surface area contributed by atoms with Gasteiger partial charge in [0.25, 0.3) is 6.47 Å². The molecule has 0 unspecified atom stereocenters. The third kappa shape index (κ3) is 4.42. The van der Waals surface area contributed by atoms with Gasteiger partial charge in [0.05, 0.1) is 32.1 Å². The van der Waals surface area contributed by atoms with Gasteiger partial charge in [0.2, 0.25) is 0 Å². The standard InChI is InChI=1S/C15H20N2O4.CH2O2/c1-15(2,3)21-14(18)17-13-11-7-20-6-10(11)9-4-5-19-8-12(9)16-13;2-1-3/h4-8H2,1-3H3,(H,16,17,18);1H,(H,2,3). The van der Waals surface area contributed by atoms with E-state index >= 15 is 0 Å². The number of carboxylic acid groups (broad SMARTS) is 1. The molecule has 3 heterocycles. The highest BCUT2D eigenvalue weighted by molar-refractivity contribution is 5.85. The molecule has 0 spiro atoms. The van der Waals surface area contributed by atoms with Gasteiger partial charge in [-0.3, -0.25) is 10.1 Å². The van der Waals surface area contributed by atoms with Crippen molar-refractivity contribution in [3.63, 3.8) is 0 Å². The minimum absolute atomic E-state index is 0.250. The molecule has 2 N–H and O–H groups in total. The smallest absolute Gasteiger partial charge is 0.413 e. The average molecular weight is 338 g/mol. The van der Waals surface area contributed by atoms with Gasteiger partial charge in [-0.05, 0) is 38.3 Å². The topological polar surface area (TPSA) is 107 Å². The number of amides is 1. The van der Waals surface area contributed by atoms with E-state index in [0.29, 0.717) is 32.2 Å². The van der Waals surface area contributed by atoms with Crippen LogP contribution >= 0.6 is 0 Å².